The van der Waals surface area contributed by atoms with Gasteiger partial charge in [-0.3, -0.25) is 0 Å². The highest BCUT2D eigenvalue weighted by Gasteiger charge is 2.14. The Morgan fingerprint density at radius 3 is 1.18 bits per heavy atom. The van der Waals surface area contributed by atoms with Crippen molar-refractivity contribution in [1.82, 2.24) is 9.13 Å². The van der Waals surface area contributed by atoms with Gasteiger partial charge in [0.15, 0.2) is 0 Å². The number of hydrogen-bond donors (Lipinski definition) is 0. The lowest BCUT2D eigenvalue weighted by atomic mass is 10.1. The molecule has 0 bridgehead atoms. The maximum atomic E-state index is 5.99. The van der Waals surface area contributed by atoms with Crippen molar-refractivity contribution in [3.63, 3.8) is 0 Å². The third-order valence-corrected chi connectivity index (χ3v) is 8.20. The summed E-state index contributed by atoms with van der Waals surface area (Å²) in [5, 5.41) is 2.41. The minimum atomic E-state index is 0.113. The van der Waals surface area contributed by atoms with E-state index in [1.165, 1.54) is 32.9 Å². The van der Waals surface area contributed by atoms with E-state index in [0.717, 1.165) is 34.3 Å². The molecule has 8 aromatic rings. The van der Waals surface area contributed by atoms with Gasteiger partial charge in [-0.15, -0.1) is 0 Å². The number of para-hydroxylation sites is 2. The van der Waals surface area contributed by atoms with Crippen LogP contribution in [0.4, 0.5) is 0 Å². The van der Waals surface area contributed by atoms with Crippen molar-refractivity contribution >= 4 is 29.5 Å². The summed E-state index contributed by atoms with van der Waals surface area (Å²) in [5.74, 6) is 1.50. The summed E-state index contributed by atoms with van der Waals surface area (Å²) in [7, 11) is 0.113. The zero-order valence-corrected chi connectivity index (χ0v) is 24.6. The monoisotopic (exact) mass is 580 g/mol. The predicted molar refractivity (Wildman–Crippen MR) is 186 cm³/mol. The maximum absolute atomic E-state index is 5.99. The Bertz CT molecular complexity index is 2060. The molecule has 0 atom stereocenters. The molecule has 0 aliphatic carbocycles. The van der Waals surface area contributed by atoms with E-state index >= 15 is 0 Å². The zero-order valence-electron chi connectivity index (χ0n) is 24.6. The highest BCUT2D eigenvalue weighted by atomic mass is 16.6. The Morgan fingerprint density at radius 1 is 0.378 bits per heavy atom. The minimum absolute atomic E-state index is 0.113. The molecule has 214 valence electrons. The molecule has 0 saturated carbocycles. The van der Waals surface area contributed by atoms with E-state index in [1.807, 2.05) is 36.4 Å². The molecule has 0 aliphatic rings. The Morgan fingerprint density at radius 2 is 0.756 bits per heavy atom. The summed E-state index contributed by atoms with van der Waals surface area (Å²) in [5.41, 5.74) is 9.14. The Labute approximate surface area is 262 Å². The normalized spacial score (nSPS) is 11.1. The zero-order chi connectivity index (χ0) is 30.0. The van der Waals surface area contributed by atoms with Gasteiger partial charge in [0.2, 0.25) is 0 Å². The fourth-order valence-electron chi connectivity index (χ4n) is 6.06. The molecule has 45 heavy (non-hydrogen) atoms. The first-order chi connectivity index (χ1) is 22.3. The average molecular weight is 580 g/mol. The van der Waals surface area contributed by atoms with Gasteiger partial charge in [-0.1, -0.05) is 97.1 Å². The second kappa shape index (κ2) is 11.6. The van der Waals surface area contributed by atoms with E-state index in [0.29, 0.717) is 0 Å². The molecule has 4 nitrogen and oxygen atoms in total. The minimum Gasteiger partial charge on any atom is -0.529 e. The van der Waals surface area contributed by atoms with Crippen molar-refractivity contribution in [3.05, 3.63) is 170 Å². The van der Waals surface area contributed by atoms with Crippen molar-refractivity contribution in [2.75, 3.05) is 0 Å². The Hall–Kier alpha value is -5.94. The molecule has 0 saturated heterocycles. The van der Waals surface area contributed by atoms with Crippen LogP contribution in [0.3, 0.4) is 0 Å². The van der Waals surface area contributed by atoms with Crippen LogP contribution in [0.2, 0.25) is 0 Å². The average Bonchev–Trinajstić information content (AvgIpc) is 3.69. The summed E-state index contributed by atoms with van der Waals surface area (Å²) in [6, 6.07) is 58.8. The lowest BCUT2D eigenvalue weighted by Crippen LogP contribution is -2.11. The second-order valence-electron chi connectivity index (χ2n) is 11.0. The van der Waals surface area contributed by atoms with Crippen molar-refractivity contribution < 1.29 is 9.31 Å². The largest absolute Gasteiger partial charge is 0.576 e. The highest BCUT2D eigenvalue weighted by Crippen LogP contribution is 2.33. The molecule has 2 heterocycles. The summed E-state index contributed by atoms with van der Waals surface area (Å²) < 4.78 is 16.6. The molecule has 0 radical (unpaired) electrons. The molecule has 0 spiro atoms. The van der Waals surface area contributed by atoms with E-state index in [-0.39, 0.29) is 7.69 Å². The first-order valence-electron chi connectivity index (χ1n) is 15.1. The number of rotatable bonds is 8. The van der Waals surface area contributed by atoms with E-state index in [9.17, 15) is 0 Å². The van der Waals surface area contributed by atoms with Crippen molar-refractivity contribution in [2.45, 2.75) is 0 Å². The summed E-state index contributed by atoms with van der Waals surface area (Å²) in [6.07, 6.45) is 0. The molecule has 5 heteroatoms. The number of fused-ring (bicyclic) bond motifs is 2. The lowest BCUT2D eigenvalue weighted by Gasteiger charge is -2.14. The highest BCUT2D eigenvalue weighted by molar-refractivity contribution is 6.20. The van der Waals surface area contributed by atoms with Gasteiger partial charge in [0, 0.05) is 22.1 Å². The van der Waals surface area contributed by atoms with Gasteiger partial charge in [-0.05, 0) is 83.9 Å². The number of hydrogen-bond acceptors (Lipinski definition) is 2. The van der Waals surface area contributed by atoms with Crippen LogP contribution in [0.15, 0.2) is 170 Å². The first-order valence-corrected chi connectivity index (χ1v) is 15.1. The van der Waals surface area contributed by atoms with Crippen LogP contribution < -0.4 is 9.31 Å². The maximum Gasteiger partial charge on any atom is 0.576 e. The molecule has 0 fully saturated rings. The van der Waals surface area contributed by atoms with Gasteiger partial charge < -0.3 is 18.4 Å². The molecule has 0 unspecified atom stereocenters. The van der Waals surface area contributed by atoms with Crippen LogP contribution in [0.25, 0.3) is 55.7 Å². The van der Waals surface area contributed by atoms with E-state index < -0.39 is 0 Å². The molecule has 0 aliphatic heterocycles. The van der Waals surface area contributed by atoms with Crippen LogP contribution in [0, 0.1) is 0 Å². The Balaban J connectivity index is 0.990. The van der Waals surface area contributed by atoms with Crippen LogP contribution in [-0.2, 0) is 0 Å². The lowest BCUT2D eigenvalue weighted by molar-refractivity contribution is 0.459. The summed E-state index contributed by atoms with van der Waals surface area (Å²) >= 11 is 0. The topological polar surface area (TPSA) is 28.3 Å². The molecule has 6 aromatic carbocycles. The SMILES string of the molecule is B(Oc1ccc(-n2c(-c3ccccc3)cc3ccccc32)cc1)Oc1ccc(-n2c(-c3ccccc3)cc3ccccc32)cc1. The molecular weight excluding hydrogens is 551 g/mol. The smallest absolute Gasteiger partial charge is 0.529 e. The van der Waals surface area contributed by atoms with Gasteiger partial charge >= 0.3 is 7.69 Å². The van der Waals surface area contributed by atoms with Gasteiger partial charge in [0.25, 0.3) is 0 Å². The van der Waals surface area contributed by atoms with Gasteiger partial charge in [0.1, 0.15) is 11.5 Å². The number of benzene rings is 6. The predicted octanol–water partition coefficient (Wildman–Crippen LogP) is 9.63. The van der Waals surface area contributed by atoms with Gasteiger partial charge in [0.05, 0.1) is 22.4 Å². The summed E-state index contributed by atoms with van der Waals surface area (Å²) in [6.45, 7) is 0. The van der Waals surface area contributed by atoms with E-state index in [4.69, 9.17) is 9.31 Å². The van der Waals surface area contributed by atoms with E-state index in [2.05, 4.69) is 143 Å². The standard InChI is InChI=1S/C40H29BN2O2/c1-3-11-29(12-4-1)39-27-31-15-7-9-17-37(31)42(39)33-19-23-35(24-20-33)44-41-45-36-25-21-34(22-26-36)43-38-18-10-8-16-32(38)28-40(43)30-13-5-2-6-14-30/h1-28,41H. The molecule has 2 aromatic heterocycles. The van der Waals surface area contributed by atoms with E-state index in [1.54, 1.807) is 0 Å². The third kappa shape index (κ3) is 5.15. The van der Waals surface area contributed by atoms with Crippen LogP contribution in [-0.4, -0.2) is 16.8 Å². The quantitative estimate of drug-likeness (QED) is 0.168. The molecule has 0 N–H and O–H groups in total. The molecule has 8 rings (SSSR count). The van der Waals surface area contributed by atoms with Crippen LogP contribution in [0.1, 0.15) is 0 Å². The number of nitrogens with zero attached hydrogens (tertiary/aromatic N) is 2. The second-order valence-corrected chi connectivity index (χ2v) is 11.0. The Kier molecular flexibility index (Phi) is 6.89. The van der Waals surface area contributed by atoms with Crippen LogP contribution in [0.5, 0.6) is 11.5 Å². The fourth-order valence-corrected chi connectivity index (χ4v) is 6.06. The third-order valence-electron chi connectivity index (χ3n) is 8.20. The van der Waals surface area contributed by atoms with Crippen molar-refractivity contribution in [1.29, 1.82) is 0 Å². The van der Waals surface area contributed by atoms with Gasteiger partial charge in [-0.2, -0.15) is 0 Å². The van der Waals surface area contributed by atoms with Crippen LogP contribution >= 0.6 is 0 Å². The fraction of sp³-hybridized carbons (Fsp3) is 0. The van der Waals surface area contributed by atoms with Crippen molar-refractivity contribution in [3.8, 4) is 45.4 Å². The first kappa shape index (κ1) is 26.7. The van der Waals surface area contributed by atoms with Gasteiger partial charge in [-0.25, -0.2) is 0 Å². The van der Waals surface area contributed by atoms with Crippen molar-refractivity contribution in [2.24, 2.45) is 0 Å². The molecule has 0 amide bonds. The summed E-state index contributed by atoms with van der Waals surface area (Å²) in [4.78, 5) is 0. The molecular formula is C40H29BN2O2. The number of aromatic nitrogens is 2.